The maximum atomic E-state index is 12.8. The number of rotatable bonds is 2. The number of nitrogens with two attached hydrogens (primary N) is 1. The van der Waals surface area contributed by atoms with E-state index in [0.29, 0.717) is 5.56 Å². The minimum Gasteiger partial charge on any atom is -0.324 e. The van der Waals surface area contributed by atoms with Crippen LogP contribution in [0.15, 0.2) is 42.5 Å². The molecular formula is C17H19N3O. The highest BCUT2D eigenvalue weighted by Gasteiger charge is 2.31. The first-order valence-electron chi connectivity index (χ1n) is 7.10. The van der Waals surface area contributed by atoms with Crippen molar-refractivity contribution in [2.75, 3.05) is 10.3 Å². The van der Waals surface area contributed by atoms with Gasteiger partial charge >= 0.3 is 0 Å². The van der Waals surface area contributed by atoms with Gasteiger partial charge in [-0.25, -0.2) is 0 Å². The molecular weight excluding hydrogens is 262 g/mol. The maximum absolute atomic E-state index is 12.8. The molecule has 1 atom stereocenters. The summed E-state index contributed by atoms with van der Waals surface area (Å²) in [6, 6.07) is 13.8. The fourth-order valence-corrected chi connectivity index (χ4v) is 2.97. The minimum atomic E-state index is 0.0409. The summed E-state index contributed by atoms with van der Waals surface area (Å²) in [5.41, 5.74) is 7.37. The van der Waals surface area contributed by atoms with Crippen molar-refractivity contribution >= 4 is 17.3 Å². The lowest BCUT2D eigenvalue weighted by atomic mass is 10.1. The molecule has 1 aliphatic rings. The monoisotopic (exact) mass is 281 g/mol. The maximum Gasteiger partial charge on any atom is 0.258 e. The van der Waals surface area contributed by atoms with Gasteiger partial charge in [0.2, 0.25) is 0 Å². The SMILES string of the molecule is Cc1cc(C(=O)N2c3ccccc3CC2C)ccc1NN. The summed E-state index contributed by atoms with van der Waals surface area (Å²) in [6.07, 6.45) is 0.906. The summed E-state index contributed by atoms with van der Waals surface area (Å²) in [6.45, 7) is 4.02. The molecule has 1 aliphatic heterocycles. The van der Waals surface area contributed by atoms with Gasteiger partial charge in [-0.2, -0.15) is 0 Å². The Morgan fingerprint density at radius 3 is 2.76 bits per heavy atom. The molecule has 4 heteroatoms. The van der Waals surface area contributed by atoms with Crippen LogP contribution in [0.4, 0.5) is 11.4 Å². The minimum absolute atomic E-state index is 0.0409. The molecule has 2 aromatic rings. The third-order valence-corrected chi connectivity index (χ3v) is 4.05. The van der Waals surface area contributed by atoms with Crippen LogP contribution < -0.4 is 16.2 Å². The number of nitrogen functional groups attached to an aromatic ring is 1. The molecule has 3 rings (SSSR count). The smallest absolute Gasteiger partial charge is 0.258 e. The van der Waals surface area contributed by atoms with Gasteiger partial charge in [-0.05, 0) is 55.7 Å². The number of amides is 1. The first-order valence-corrected chi connectivity index (χ1v) is 7.10. The largest absolute Gasteiger partial charge is 0.324 e. The zero-order chi connectivity index (χ0) is 15.0. The molecule has 1 unspecified atom stereocenters. The summed E-state index contributed by atoms with van der Waals surface area (Å²) in [7, 11) is 0. The van der Waals surface area contributed by atoms with Crippen molar-refractivity contribution in [3.63, 3.8) is 0 Å². The number of hydrogen-bond donors (Lipinski definition) is 2. The third kappa shape index (κ3) is 2.28. The van der Waals surface area contributed by atoms with Crippen LogP contribution in [0.3, 0.4) is 0 Å². The van der Waals surface area contributed by atoms with Crippen molar-refractivity contribution in [1.82, 2.24) is 0 Å². The lowest BCUT2D eigenvalue weighted by molar-refractivity contribution is 0.0981. The van der Waals surface area contributed by atoms with Crippen LogP contribution in [0.2, 0.25) is 0 Å². The van der Waals surface area contributed by atoms with Crippen molar-refractivity contribution in [1.29, 1.82) is 0 Å². The van der Waals surface area contributed by atoms with E-state index in [2.05, 4.69) is 18.4 Å². The fraction of sp³-hybridized carbons (Fsp3) is 0.235. The molecule has 1 amide bonds. The quantitative estimate of drug-likeness (QED) is 0.657. The number of benzene rings is 2. The predicted octanol–water partition coefficient (Wildman–Crippen LogP) is 2.87. The van der Waals surface area contributed by atoms with E-state index in [-0.39, 0.29) is 11.9 Å². The molecule has 0 aliphatic carbocycles. The molecule has 108 valence electrons. The predicted molar refractivity (Wildman–Crippen MR) is 85.4 cm³/mol. The first-order chi connectivity index (χ1) is 10.1. The number of nitrogens with one attached hydrogen (secondary N) is 1. The molecule has 21 heavy (non-hydrogen) atoms. The second-order valence-electron chi connectivity index (χ2n) is 5.53. The zero-order valence-corrected chi connectivity index (χ0v) is 12.3. The fourth-order valence-electron chi connectivity index (χ4n) is 2.97. The van der Waals surface area contributed by atoms with Gasteiger partial charge in [0.25, 0.3) is 5.91 Å². The van der Waals surface area contributed by atoms with Crippen LogP contribution in [0.25, 0.3) is 0 Å². The Kier molecular flexibility index (Phi) is 3.39. The van der Waals surface area contributed by atoms with Crippen molar-refractivity contribution < 1.29 is 4.79 Å². The van der Waals surface area contributed by atoms with Crippen LogP contribution in [0.1, 0.15) is 28.4 Å². The third-order valence-electron chi connectivity index (χ3n) is 4.05. The van der Waals surface area contributed by atoms with Crippen LogP contribution in [0, 0.1) is 6.92 Å². The van der Waals surface area contributed by atoms with E-state index >= 15 is 0 Å². The van der Waals surface area contributed by atoms with Crippen molar-refractivity contribution in [2.45, 2.75) is 26.3 Å². The topological polar surface area (TPSA) is 58.4 Å². The Labute approximate surface area is 124 Å². The number of anilines is 2. The summed E-state index contributed by atoms with van der Waals surface area (Å²) in [5.74, 6) is 5.48. The summed E-state index contributed by atoms with van der Waals surface area (Å²) in [5, 5.41) is 0. The van der Waals surface area contributed by atoms with Gasteiger partial charge in [-0.1, -0.05) is 18.2 Å². The Bertz CT molecular complexity index is 696. The number of carbonyl (C=O) groups excluding carboxylic acids is 1. The molecule has 0 radical (unpaired) electrons. The van der Waals surface area contributed by atoms with Gasteiger partial charge < -0.3 is 10.3 Å². The molecule has 3 N–H and O–H groups in total. The standard InChI is InChI=1S/C17H19N3O/c1-11-9-14(7-8-15(11)19-18)17(21)20-12(2)10-13-5-3-4-6-16(13)20/h3-9,12,19H,10,18H2,1-2H3. The van der Waals surface area contributed by atoms with Crippen molar-refractivity contribution in [3.8, 4) is 0 Å². The highest BCUT2D eigenvalue weighted by molar-refractivity contribution is 6.08. The summed E-state index contributed by atoms with van der Waals surface area (Å²) in [4.78, 5) is 14.7. The normalized spacial score (nSPS) is 16.7. The van der Waals surface area contributed by atoms with Crippen LogP contribution >= 0.6 is 0 Å². The van der Waals surface area contributed by atoms with E-state index in [0.717, 1.165) is 23.4 Å². The lowest BCUT2D eigenvalue weighted by Crippen LogP contribution is -2.35. The number of para-hydroxylation sites is 1. The van der Waals surface area contributed by atoms with Gasteiger partial charge in [0.1, 0.15) is 0 Å². The molecule has 1 heterocycles. The van der Waals surface area contributed by atoms with Gasteiger partial charge in [-0.15, -0.1) is 0 Å². The van der Waals surface area contributed by atoms with E-state index in [4.69, 9.17) is 5.84 Å². The Balaban J connectivity index is 1.97. The number of aryl methyl sites for hydroxylation is 1. The highest BCUT2D eigenvalue weighted by Crippen LogP contribution is 2.33. The summed E-state index contributed by atoms with van der Waals surface area (Å²) >= 11 is 0. The number of carbonyl (C=O) groups is 1. The summed E-state index contributed by atoms with van der Waals surface area (Å²) < 4.78 is 0. The van der Waals surface area contributed by atoms with Gasteiger partial charge in [-0.3, -0.25) is 10.6 Å². The molecule has 0 aromatic heterocycles. The van der Waals surface area contributed by atoms with E-state index < -0.39 is 0 Å². The molecule has 0 bridgehead atoms. The van der Waals surface area contributed by atoms with E-state index in [1.54, 1.807) is 0 Å². The number of hydrogen-bond acceptors (Lipinski definition) is 3. The second-order valence-corrected chi connectivity index (χ2v) is 5.53. The van der Waals surface area contributed by atoms with Crippen molar-refractivity contribution in [3.05, 3.63) is 59.2 Å². The van der Waals surface area contributed by atoms with E-state index in [1.807, 2.05) is 48.2 Å². The lowest BCUT2D eigenvalue weighted by Gasteiger charge is -2.23. The first kappa shape index (κ1) is 13.6. The second kappa shape index (κ2) is 5.22. The zero-order valence-electron chi connectivity index (χ0n) is 12.3. The molecule has 0 saturated carbocycles. The van der Waals surface area contributed by atoms with Gasteiger partial charge in [0.15, 0.2) is 0 Å². The molecule has 0 spiro atoms. The number of fused-ring (bicyclic) bond motifs is 1. The average molecular weight is 281 g/mol. The van der Waals surface area contributed by atoms with E-state index in [1.165, 1.54) is 5.56 Å². The van der Waals surface area contributed by atoms with Crippen LogP contribution in [0.5, 0.6) is 0 Å². The Morgan fingerprint density at radius 2 is 2.05 bits per heavy atom. The average Bonchev–Trinajstić information content (AvgIpc) is 2.82. The van der Waals surface area contributed by atoms with Crippen LogP contribution in [-0.4, -0.2) is 11.9 Å². The van der Waals surface area contributed by atoms with Gasteiger partial charge in [0, 0.05) is 17.3 Å². The number of hydrazine groups is 1. The number of nitrogens with zero attached hydrogens (tertiary/aromatic N) is 1. The van der Waals surface area contributed by atoms with Crippen molar-refractivity contribution in [2.24, 2.45) is 5.84 Å². The van der Waals surface area contributed by atoms with E-state index in [9.17, 15) is 4.79 Å². The van der Waals surface area contributed by atoms with Gasteiger partial charge in [0.05, 0.1) is 5.69 Å². The van der Waals surface area contributed by atoms with Crippen LogP contribution in [-0.2, 0) is 6.42 Å². The molecule has 2 aromatic carbocycles. The molecule has 4 nitrogen and oxygen atoms in total. The Morgan fingerprint density at radius 1 is 1.29 bits per heavy atom. The highest BCUT2D eigenvalue weighted by atomic mass is 16.2. The Hall–Kier alpha value is -2.33. The molecule has 0 saturated heterocycles. The molecule has 0 fully saturated rings.